The Hall–Kier alpha value is -3.57. The van der Waals surface area contributed by atoms with E-state index in [1.807, 2.05) is 6.92 Å². The van der Waals surface area contributed by atoms with E-state index in [1.54, 1.807) is 31.3 Å². The minimum atomic E-state index is -3.82. The predicted octanol–water partition coefficient (Wildman–Crippen LogP) is 4.81. The van der Waals surface area contributed by atoms with Gasteiger partial charge in [0.15, 0.2) is 9.84 Å². The zero-order valence-corrected chi connectivity index (χ0v) is 22.3. The van der Waals surface area contributed by atoms with Crippen molar-refractivity contribution in [3.8, 4) is 11.3 Å². The largest absolute Gasteiger partial charge is 0.350 e. The Morgan fingerprint density at radius 3 is 2.38 bits per heavy atom. The van der Waals surface area contributed by atoms with E-state index in [0.717, 1.165) is 5.56 Å². The van der Waals surface area contributed by atoms with Crippen molar-refractivity contribution in [2.75, 3.05) is 18.4 Å². The number of anilines is 1. The molecule has 2 aromatic heterocycles. The highest BCUT2D eigenvalue weighted by molar-refractivity contribution is 7.89. The van der Waals surface area contributed by atoms with Crippen LogP contribution in [0.5, 0.6) is 0 Å². The number of pyridine rings is 1. The van der Waals surface area contributed by atoms with Crippen molar-refractivity contribution in [1.29, 1.82) is 0 Å². The third-order valence-electron chi connectivity index (χ3n) is 6.68. The Labute approximate surface area is 224 Å². The van der Waals surface area contributed by atoms with Crippen molar-refractivity contribution in [3.63, 3.8) is 0 Å². The van der Waals surface area contributed by atoms with Crippen molar-refractivity contribution >= 4 is 26.8 Å². The molecule has 1 aliphatic rings. The van der Waals surface area contributed by atoms with Gasteiger partial charge in [-0.2, -0.15) is 0 Å². The number of sulfone groups is 1. The molecule has 0 unspecified atom stereocenters. The summed E-state index contributed by atoms with van der Waals surface area (Å²) in [6.45, 7) is 4.52. The second kappa shape index (κ2) is 10.9. The number of nitrogens with zero attached hydrogens (tertiary/aromatic N) is 3. The Bertz CT molecular complexity index is 1650. The van der Waals surface area contributed by atoms with Gasteiger partial charge in [0.1, 0.15) is 23.3 Å². The first-order chi connectivity index (χ1) is 18.6. The van der Waals surface area contributed by atoms with Gasteiger partial charge < -0.3 is 10.6 Å². The summed E-state index contributed by atoms with van der Waals surface area (Å²) in [5.74, 6) is -1.99. The van der Waals surface area contributed by atoms with Gasteiger partial charge in [0.25, 0.3) is 0 Å². The topological polar surface area (TPSA) is 96.9 Å². The monoisotopic (exact) mass is 555 g/mol. The predicted molar refractivity (Wildman–Crippen MR) is 145 cm³/mol. The average molecular weight is 556 g/mol. The van der Waals surface area contributed by atoms with Crippen LogP contribution in [0.25, 0.3) is 22.3 Å². The first kappa shape index (κ1) is 27.0. The van der Waals surface area contributed by atoms with Crippen LogP contribution in [0.3, 0.4) is 0 Å². The number of aromatic nitrogens is 3. The van der Waals surface area contributed by atoms with Gasteiger partial charge in [-0.05, 0) is 43.2 Å². The lowest BCUT2D eigenvalue weighted by Crippen LogP contribution is -2.44. The quantitative estimate of drug-likeness (QED) is 0.338. The molecule has 39 heavy (non-hydrogen) atoms. The molecule has 5 rings (SSSR count). The van der Waals surface area contributed by atoms with E-state index < -0.39 is 39.1 Å². The number of piperidine rings is 1. The van der Waals surface area contributed by atoms with Crippen LogP contribution in [0.1, 0.15) is 28.7 Å². The fraction of sp³-hybridized carbons (Fsp3) is 0.321. The molecule has 3 heterocycles. The number of hydrogen-bond acceptors (Lipinski definition) is 7. The van der Waals surface area contributed by atoms with Crippen LogP contribution in [-0.2, 0) is 21.3 Å². The fourth-order valence-electron chi connectivity index (χ4n) is 4.70. The second-order valence-corrected chi connectivity index (χ2v) is 12.1. The van der Waals surface area contributed by atoms with Crippen molar-refractivity contribution < 1.29 is 21.6 Å². The molecule has 0 bridgehead atoms. The summed E-state index contributed by atoms with van der Waals surface area (Å²) in [4.78, 5) is 13.4. The second-order valence-electron chi connectivity index (χ2n) is 10.0. The molecule has 2 aromatic carbocycles. The minimum absolute atomic E-state index is 0.00412. The zero-order valence-electron chi connectivity index (χ0n) is 21.5. The maximum absolute atomic E-state index is 15.0. The lowest BCUT2D eigenvalue weighted by molar-refractivity contribution is 0.254. The van der Waals surface area contributed by atoms with E-state index in [2.05, 4.69) is 25.6 Å². The molecule has 0 saturated carbocycles. The molecule has 1 aliphatic heterocycles. The molecule has 11 heteroatoms. The number of fused-ring (bicyclic) bond motifs is 1. The molecule has 1 fully saturated rings. The van der Waals surface area contributed by atoms with E-state index in [0.29, 0.717) is 53.3 Å². The summed E-state index contributed by atoms with van der Waals surface area (Å²) in [5, 5.41) is 6.19. The van der Waals surface area contributed by atoms with Gasteiger partial charge in [-0.1, -0.05) is 24.3 Å². The normalized spacial score (nSPS) is 17.9. The Morgan fingerprint density at radius 2 is 1.69 bits per heavy atom. The lowest BCUT2D eigenvalue weighted by atomic mass is 10.1. The van der Waals surface area contributed by atoms with Crippen molar-refractivity contribution in [3.05, 3.63) is 82.5 Å². The maximum atomic E-state index is 15.0. The molecule has 2 N–H and O–H groups in total. The Balaban J connectivity index is 1.34. The summed E-state index contributed by atoms with van der Waals surface area (Å²) in [7, 11) is -3.82. The number of hydrogen-bond donors (Lipinski definition) is 2. The molecule has 7 nitrogen and oxygen atoms in total. The molecule has 0 amide bonds. The molecule has 0 radical (unpaired) electrons. The van der Waals surface area contributed by atoms with E-state index in [1.165, 1.54) is 24.3 Å². The van der Waals surface area contributed by atoms with Crippen LogP contribution >= 0.6 is 0 Å². The van der Waals surface area contributed by atoms with Crippen molar-refractivity contribution in [1.82, 2.24) is 20.3 Å². The van der Waals surface area contributed by atoms with E-state index >= 15 is 4.39 Å². The standard InChI is InChI=1S/C28H28F3N5O2S/c1-16-3-4-19(23(30)7-16)14-39(37,38)15-20-6-5-18(9-24(20)31)25-8-17(2)27-26(35-25)13-33-28(36-27)34-22-10-21(29)11-32-12-22/h3-9,13,21-22,32H,10-12,14-15H2,1-2H3,(H,33,34,36)/t21-,22-/m0/s1. The number of nitrogens with one attached hydrogen (secondary N) is 2. The minimum Gasteiger partial charge on any atom is -0.350 e. The van der Waals surface area contributed by atoms with Gasteiger partial charge in [-0.15, -0.1) is 0 Å². The van der Waals surface area contributed by atoms with Crippen LogP contribution < -0.4 is 10.6 Å². The van der Waals surface area contributed by atoms with E-state index in [9.17, 15) is 17.2 Å². The molecule has 2 atom stereocenters. The lowest BCUT2D eigenvalue weighted by Gasteiger charge is -2.26. The summed E-state index contributed by atoms with van der Waals surface area (Å²) >= 11 is 0. The SMILES string of the molecule is Cc1ccc(CS(=O)(=O)Cc2ccc(-c3cc(C)c4nc(N[C@@H]5CNC[C@@H](F)C5)ncc4n3)cc2F)c(F)c1. The molecule has 204 valence electrons. The van der Waals surface area contributed by atoms with Gasteiger partial charge in [-0.25, -0.2) is 36.5 Å². The number of benzene rings is 2. The summed E-state index contributed by atoms with van der Waals surface area (Å²) < 4.78 is 68.2. The number of alkyl halides is 1. The van der Waals surface area contributed by atoms with Gasteiger partial charge >= 0.3 is 0 Å². The average Bonchev–Trinajstić information content (AvgIpc) is 2.87. The van der Waals surface area contributed by atoms with Crippen molar-refractivity contribution in [2.45, 2.75) is 44.0 Å². The van der Waals surface area contributed by atoms with Crippen LogP contribution in [0.4, 0.5) is 19.1 Å². The van der Waals surface area contributed by atoms with Gasteiger partial charge in [-0.3, -0.25) is 0 Å². The van der Waals surface area contributed by atoms with Crippen LogP contribution in [0.15, 0.2) is 48.7 Å². The molecule has 4 aromatic rings. The fourth-order valence-corrected chi connectivity index (χ4v) is 6.22. The molecular formula is C28H28F3N5O2S. The summed E-state index contributed by atoms with van der Waals surface area (Å²) in [6, 6.07) is 10.2. The molecule has 0 aliphatic carbocycles. The summed E-state index contributed by atoms with van der Waals surface area (Å²) in [6.07, 6.45) is 1.01. The Morgan fingerprint density at radius 1 is 0.974 bits per heavy atom. The first-order valence-corrected chi connectivity index (χ1v) is 14.4. The van der Waals surface area contributed by atoms with Gasteiger partial charge in [0, 0.05) is 42.2 Å². The summed E-state index contributed by atoms with van der Waals surface area (Å²) in [5.41, 5.74) is 3.59. The van der Waals surface area contributed by atoms with Crippen LogP contribution in [-0.4, -0.2) is 48.7 Å². The van der Waals surface area contributed by atoms with Gasteiger partial charge in [0.2, 0.25) is 5.95 Å². The molecule has 1 saturated heterocycles. The van der Waals surface area contributed by atoms with Gasteiger partial charge in [0.05, 0.1) is 28.9 Å². The first-order valence-electron chi connectivity index (χ1n) is 12.6. The molecular weight excluding hydrogens is 527 g/mol. The highest BCUT2D eigenvalue weighted by Crippen LogP contribution is 2.27. The van der Waals surface area contributed by atoms with E-state index in [4.69, 9.17) is 0 Å². The molecule has 0 spiro atoms. The Kier molecular flexibility index (Phi) is 7.55. The number of aryl methyl sites for hydroxylation is 2. The highest BCUT2D eigenvalue weighted by Gasteiger charge is 2.22. The third kappa shape index (κ3) is 6.36. The number of halogens is 3. The third-order valence-corrected chi connectivity index (χ3v) is 8.18. The number of rotatable bonds is 7. The highest BCUT2D eigenvalue weighted by atomic mass is 32.2. The van der Waals surface area contributed by atoms with Crippen LogP contribution in [0, 0.1) is 25.5 Å². The zero-order chi connectivity index (χ0) is 27.7. The maximum Gasteiger partial charge on any atom is 0.223 e. The van der Waals surface area contributed by atoms with Crippen molar-refractivity contribution in [2.24, 2.45) is 0 Å². The van der Waals surface area contributed by atoms with E-state index in [-0.39, 0.29) is 17.2 Å². The smallest absolute Gasteiger partial charge is 0.223 e. The van der Waals surface area contributed by atoms with Crippen LogP contribution in [0.2, 0.25) is 0 Å².